The quantitative estimate of drug-likeness (QED) is 0.490. The first kappa shape index (κ1) is 30.8. The maximum Gasteiger partial charge on any atom is 0.416 e. The van der Waals surface area contributed by atoms with Crippen LogP contribution in [-0.2, 0) is 39.9 Å². The summed E-state index contributed by atoms with van der Waals surface area (Å²) in [5.41, 5.74) is 0.988. The summed E-state index contributed by atoms with van der Waals surface area (Å²) in [4.78, 5) is 40.5. The van der Waals surface area contributed by atoms with Crippen LogP contribution in [0.25, 0.3) is 0 Å². The third kappa shape index (κ3) is 8.37. The summed E-state index contributed by atoms with van der Waals surface area (Å²) in [6, 6.07) is 9.63. The van der Waals surface area contributed by atoms with Gasteiger partial charge in [-0.05, 0) is 56.0 Å². The number of hydrogen-bond donors (Lipinski definition) is 2. The molecule has 1 aliphatic heterocycles. The molecule has 0 saturated carbocycles. The molecule has 8 nitrogen and oxygen atoms in total. The van der Waals surface area contributed by atoms with E-state index in [1.54, 1.807) is 37.8 Å². The molecule has 0 bridgehead atoms. The van der Waals surface area contributed by atoms with Crippen molar-refractivity contribution in [1.82, 2.24) is 15.1 Å². The van der Waals surface area contributed by atoms with Gasteiger partial charge in [-0.3, -0.25) is 9.59 Å². The van der Waals surface area contributed by atoms with Gasteiger partial charge in [-0.2, -0.15) is 13.2 Å². The van der Waals surface area contributed by atoms with Gasteiger partial charge in [0.2, 0.25) is 11.8 Å². The number of nitrogens with zero attached hydrogens (tertiary/aromatic N) is 2. The Bertz CT molecular complexity index is 1230. The van der Waals surface area contributed by atoms with Crippen molar-refractivity contribution in [2.75, 3.05) is 32.0 Å². The number of fused-ring (bicyclic) bond motifs is 1. The summed E-state index contributed by atoms with van der Waals surface area (Å²) >= 11 is 0. The Kier molecular flexibility index (Phi) is 9.70. The molecule has 2 N–H and O–H groups in total. The minimum Gasteiger partial charge on any atom is -0.444 e. The number of carbonyl (C=O) groups excluding carboxylic acids is 3. The predicted molar refractivity (Wildman–Crippen MR) is 146 cm³/mol. The second-order valence-electron chi connectivity index (χ2n) is 10.9. The highest BCUT2D eigenvalue weighted by Crippen LogP contribution is 2.33. The molecule has 1 atom stereocenters. The van der Waals surface area contributed by atoms with Gasteiger partial charge in [0, 0.05) is 52.3 Å². The average Bonchev–Trinajstić information content (AvgIpc) is 2.86. The molecule has 0 saturated heterocycles. The van der Waals surface area contributed by atoms with Gasteiger partial charge in [0.25, 0.3) is 0 Å². The number of rotatable bonds is 8. The van der Waals surface area contributed by atoms with Crippen molar-refractivity contribution in [2.24, 2.45) is 0 Å². The molecule has 0 aromatic heterocycles. The SMILES string of the molecule is CC(=O)N1CCc2c(cccc2NC(Cc2ccccc2C(F)(F)F)C(=O)NCCN(C)C(=O)OC(C)(C)C)C1. The van der Waals surface area contributed by atoms with Gasteiger partial charge in [0.05, 0.1) is 5.56 Å². The van der Waals surface area contributed by atoms with Crippen molar-refractivity contribution in [3.63, 3.8) is 0 Å². The van der Waals surface area contributed by atoms with Gasteiger partial charge >= 0.3 is 12.3 Å². The molecule has 11 heteroatoms. The number of benzene rings is 2. The molecule has 0 aliphatic carbocycles. The first-order chi connectivity index (χ1) is 18.7. The normalized spacial score (nSPS) is 14.2. The van der Waals surface area contributed by atoms with Gasteiger partial charge in [-0.25, -0.2) is 4.79 Å². The first-order valence-corrected chi connectivity index (χ1v) is 13.2. The Morgan fingerprint density at radius 3 is 2.42 bits per heavy atom. The number of alkyl halides is 3. The molecule has 1 aliphatic rings. The number of likely N-dealkylation sites (N-methyl/N-ethyl adjacent to an activating group) is 1. The summed E-state index contributed by atoms with van der Waals surface area (Å²) in [7, 11) is 1.54. The maximum atomic E-state index is 13.7. The third-order valence-electron chi connectivity index (χ3n) is 6.56. The van der Waals surface area contributed by atoms with E-state index in [-0.39, 0.29) is 31.0 Å². The monoisotopic (exact) mass is 562 g/mol. The highest BCUT2D eigenvalue weighted by atomic mass is 19.4. The number of nitrogens with one attached hydrogen (secondary N) is 2. The molecule has 218 valence electrons. The number of halogens is 3. The van der Waals surface area contributed by atoms with E-state index < -0.39 is 35.4 Å². The van der Waals surface area contributed by atoms with E-state index in [1.807, 2.05) is 6.07 Å². The van der Waals surface area contributed by atoms with E-state index in [4.69, 9.17) is 4.74 Å². The minimum atomic E-state index is -4.57. The van der Waals surface area contributed by atoms with Crippen LogP contribution in [0.3, 0.4) is 0 Å². The third-order valence-corrected chi connectivity index (χ3v) is 6.56. The van der Waals surface area contributed by atoms with Gasteiger partial charge in [0.1, 0.15) is 11.6 Å². The van der Waals surface area contributed by atoms with Crippen LogP contribution in [-0.4, -0.2) is 66.0 Å². The van der Waals surface area contributed by atoms with Crippen LogP contribution in [0.4, 0.5) is 23.7 Å². The maximum absolute atomic E-state index is 13.7. The van der Waals surface area contributed by atoms with E-state index >= 15 is 0 Å². The summed E-state index contributed by atoms with van der Waals surface area (Å²) in [5.74, 6) is -0.547. The van der Waals surface area contributed by atoms with Gasteiger partial charge < -0.3 is 25.2 Å². The zero-order chi connectivity index (χ0) is 29.7. The molecule has 0 fully saturated rings. The van der Waals surface area contributed by atoms with Gasteiger partial charge in [-0.15, -0.1) is 0 Å². The lowest BCUT2D eigenvalue weighted by atomic mass is 9.95. The molecule has 3 rings (SSSR count). The van der Waals surface area contributed by atoms with Crippen molar-refractivity contribution in [3.05, 3.63) is 64.7 Å². The summed E-state index contributed by atoms with van der Waals surface area (Å²) in [5, 5.41) is 5.93. The first-order valence-electron chi connectivity index (χ1n) is 13.2. The molecule has 1 heterocycles. The predicted octanol–water partition coefficient (Wildman–Crippen LogP) is 4.62. The van der Waals surface area contributed by atoms with Crippen LogP contribution >= 0.6 is 0 Å². The van der Waals surface area contributed by atoms with Gasteiger partial charge in [-0.1, -0.05) is 30.3 Å². The summed E-state index contributed by atoms with van der Waals surface area (Å²) in [6.45, 7) is 7.89. The Morgan fingerprint density at radius 2 is 1.77 bits per heavy atom. The van der Waals surface area contributed by atoms with Crippen LogP contribution in [0.2, 0.25) is 0 Å². The van der Waals surface area contributed by atoms with Crippen molar-refractivity contribution in [2.45, 2.75) is 64.9 Å². The van der Waals surface area contributed by atoms with E-state index in [0.29, 0.717) is 25.2 Å². The Labute approximate surface area is 232 Å². The lowest BCUT2D eigenvalue weighted by Gasteiger charge is -2.31. The summed E-state index contributed by atoms with van der Waals surface area (Å²) < 4.78 is 46.5. The fourth-order valence-corrected chi connectivity index (χ4v) is 4.51. The van der Waals surface area contributed by atoms with Gasteiger partial charge in [0.15, 0.2) is 0 Å². The molecule has 2 aromatic carbocycles. The molecule has 1 unspecified atom stereocenters. The number of ether oxygens (including phenoxy) is 1. The zero-order valence-electron chi connectivity index (χ0n) is 23.5. The topological polar surface area (TPSA) is 91.0 Å². The molecule has 3 amide bonds. The number of hydrogen-bond acceptors (Lipinski definition) is 5. The second kappa shape index (κ2) is 12.6. The standard InChI is InChI=1S/C29H37F3N4O4/c1-19(37)36-15-13-22-21(18-36)10-8-12-24(22)34-25(17-20-9-6-7-11-23(20)29(30,31)32)26(38)33-14-16-35(5)27(39)40-28(2,3)4/h6-12,25,34H,13-18H2,1-5H3,(H,33,38). The van der Waals surface area contributed by atoms with Crippen molar-refractivity contribution >= 4 is 23.6 Å². The van der Waals surface area contributed by atoms with Crippen LogP contribution in [0.5, 0.6) is 0 Å². The number of anilines is 1. The van der Waals surface area contributed by atoms with Crippen LogP contribution in [0.1, 0.15) is 49.9 Å². The summed E-state index contributed by atoms with van der Waals surface area (Å²) in [6.07, 6.45) is -4.79. The van der Waals surface area contributed by atoms with Crippen molar-refractivity contribution in [1.29, 1.82) is 0 Å². The molecule has 0 spiro atoms. The van der Waals surface area contributed by atoms with Crippen LogP contribution in [0, 0.1) is 0 Å². The van der Waals surface area contributed by atoms with Crippen molar-refractivity contribution < 1.29 is 32.3 Å². The van der Waals surface area contributed by atoms with E-state index in [2.05, 4.69) is 10.6 Å². The van der Waals surface area contributed by atoms with Crippen LogP contribution < -0.4 is 10.6 Å². The zero-order valence-corrected chi connectivity index (χ0v) is 23.5. The Morgan fingerprint density at radius 1 is 1.07 bits per heavy atom. The Hall–Kier alpha value is -3.76. The molecule has 2 aromatic rings. The average molecular weight is 563 g/mol. The Balaban J connectivity index is 1.81. The van der Waals surface area contributed by atoms with E-state index in [0.717, 1.165) is 17.2 Å². The highest BCUT2D eigenvalue weighted by Gasteiger charge is 2.34. The van der Waals surface area contributed by atoms with E-state index in [1.165, 1.54) is 37.1 Å². The fourth-order valence-electron chi connectivity index (χ4n) is 4.51. The second-order valence-corrected chi connectivity index (χ2v) is 10.9. The molecular weight excluding hydrogens is 525 g/mol. The lowest BCUT2D eigenvalue weighted by molar-refractivity contribution is -0.138. The molecular formula is C29H37F3N4O4. The van der Waals surface area contributed by atoms with Crippen LogP contribution in [0.15, 0.2) is 42.5 Å². The molecule has 40 heavy (non-hydrogen) atoms. The number of amides is 3. The lowest BCUT2D eigenvalue weighted by Crippen LogP contribution is -2.45. The largest absolute Gasteiger partial charge is 0.444 e. The fraction of sp³-hybridized carbons (Fsp3) is 0.483. The highest BCUT2D eigenvalue weighted by molar-refractivity contribution is 5.85. The number of carbonyl (C=O) groups is 3. The molecule has 0 radical (unpaired) electrons. The van der Waals surface area contributed by atoms with Crippen molar-refractivity contribution in [3.8, 4) is 0 Å². The smallest absolute Gasteiger partial charge is 0.416 e. The van der Waals surface area contributed by atoms with E-state index in [9.17, 15) is 27.6 Å². The minimum absolute atomic E-state index is 0.0129.